The van der Waals surface area contributed by atoms with Crippen LogP contribution in [0.2, 0.25) is 0 Å². The molecule has 5 fully saturated rings. The quantitative estimate of drug-likeness (QED) is 0.568. The highest BCUT2D eigenvalue weighted by Crippen LogP contribution is 2.36. The fraction of sp³-hybridized carbons (Fsp3) is 0.773. The Bertz CT molecular complexity index is 850. The lowest BCUT2D eigenvalue weighted by atomic mass is 9.95. The van der Waals surface area contributed by atoms with Crippen molar-refractivity contribution in [3.8, 4) is 0 Å². The molecule has 1 aliphatic carbocycles. The number of hydrogen-bond acceptors (Lipinski definition) is 5. The van der Waals surface area contributed by atoms with E-state index in [0.29, 0.717) is 45.3 Å². The average Bonchev–Trinajstić information content (AvgIpc) is 3.43. The molecule has 0 bridgehead atoms. The number of piperidine rings is 1. The van der Waals surface area contributed by atoms with Gasteiger partial charge in [-0.2, -0.15) is 0 Å². The molecule has 5 rings (SSSR count). The zero-order valence-electron chi connectivity index (χ0n) is 18.4. The molecule has 0 aromatic heterocycles. The molecule has 10 nitrogen and oxygen atoms in total. The second-order valence-electron chi connectivity index (χ2n) is 9.88. The highest BCUT2D eigenvalue weighted by atomic mass is 16.2. The van der Waals surface area contributed by atoms with E-state index in [4.69, 9.17) is 0 Å². The number of nitrogens with zero attached hydrogens (tertiary/aromatic N) is 3. The number of nitrogens with one attached hydrogen (secondary N) is 2. The Hall–Kier alpha value is -2.65. The lowest BCUT2D eigenvalue weighted by Gasteiger charge is -2.31. The number of carbonyl (C=O) groups is 5. The first-order valence-corrected chi connectivity index (χ1v) is 11.8. The lowest BCUT2D eigenvalue weighted by Crippen LogP contribution is -2.53. The fourth-order valence-corrected chi connectivity index (χ4v) is 5.72. The molecule has 0 spiro atoms. The molecule has 4 heterocycles. The maximum atomic E-state index is 13.4. The molecule has 32 heavy (non-hydrogen) atoms. The largest absolute Gasteiger partial charge is 0.351 e. The number of likely N-dealkylation sites (tertiary alicyclic amines) is 2. The maximum absolute atomic E-state index is 13.4. The van der Waals surface area contributed by atoms with Gasteiger partial charge in [0.15, 0.2) is 0 Å². The van der Waals surface area contributed by atoms with Gasteiger partial charge in [0.1, 0.15) is 12.1 Å². The van der Waals surface area contributed by atoms with Crippen LogP contribution in [0.4, 0.5) is 0 Å². The van der Waals surface area contributed by atoms with Crippen molar-refractivity contribution in [2.45, 2.75) is 69.6 Å². The Balaban J connectivity index is 1.23. The second kappa shape index (κ2) is 8.04. The lowest BCUT2D eigenvalue weighted by molar-refractivity contribution is -0.145. The maximum Gasteiger partial charge on any atom is 0.248 e. The van der Waals surface area contributed by atoms with Gasteiger partial charge < -0.3 is 25.3 Å². The molecule has 0 aromatic rings. The monoisotopic (exact) mass is 445 g/mol. The van der Waals surface area contributed by atoms with E-state index in [2.05, 4.69) is 10.6 Å². The summed E-state index contributed by atoms with van der Waals surface area (Å²) in [5, 5.41) is 6.03. The van der Waals surface area contributed by atoms with Crippen molar-refractivity contribution in [1.29, 1.82) is 0 Å². The van der Waals surface area contributed by atoms with Crippen LogP contribution in [0.15, 0.2) is 0 Å². The molecule has 2 N–H and O–H groups in total. The number of fused-ring (bicyclic) bond motifs is 2. The summed E-state index contributed by atoms with van der Waals surface area (Å²) >= 11 is 0. The Morgan fingerprint density at radius 1 is 0.969 bits per heavy atom. The molecular formula is C22H31N5O5. The summed E-state index contributed by atoms with van der Waals surface area (Å²) in [6.45, 7) is 3.45. The first-order valence-electron chi connectivity index (χ1n) is 11.8. The number of hydrogen-bond donors (Lipinski definition) is 2. The molecular weight excluding hydrogens is 414 g/mol. The van der Waals surface area contributed by atoms with Crippen LogP contribution in [0.5, 0.6) is 0 Å². The Morgan fingerprint density at radius 3 is 2.34 bits per heavy atom. The summed E-state index contributed by atoms with van der Waals surface area (Å²) in [5.74, 6) is -0.545. The minimum absolute atomic E-state index is 0.0244. The first kappa shape index (κ1) is 21.2. The van der Waals surface area contributed by atoms with Gasteiger partial charge in [0.25, 0.3) is 0 Å². The molecule has 4 atom stereocenters. The molecule has 1 saturated carbocycles. The zero-order valence-corrected chi connectivity index (χ0v) is 18.4. The van der Waals surface area contributed by atoms with Gasteiger partial charge in [0, 0.05) is 51.0 Å². The van der Waals surface area contributed by atoms with Crippen LogP contribution in [0.1, 0.15) is 45.4 Å². The number of carbonyl (C=O) groups excluding carboxylic acids is 5. The number of amides is 5. The Kier molecular flexibility index (Phi) is 5.33. The van der Waals surface area contributed by atoms with Gasteiger partial charge in [0.2, 0.25) is 29.5 Å². The summed E-state index contributed by atoms with van der Waals surface area (Å²) in [5.41, 5.74) is 0. The third-order valence-corrected chi connectivity index (χ3v) is 7.73. The van der Waals surface area contributed by atoms with Crippen LogP contribution < -0.4 is 10.6 Å². The van der Waals surface area contributed by atoms with E-state index in [-0.39, 0.29) is 60.0 Å². The van der Waals surface area contributed by atoms with Gasteiger partial charge in [-0.15, -0.1) is 0 Å². The molecule has 0 radical (unpaired) electrons. The highest BCUT2D eigenvalue weighted by molar-refractivity contribution is 5.97. The fourth-order valence-electron chi connectivity index (χ4n) is 5.72. The molecule has 174 valence electrons. The van der Waals surface area contributed by atoms with Crippen molar-refractivity contribution in [3.05, 3.63) is 0 Å². The van der Waals surface area contributed by atoms with Crippen LogP contribution >= 0.6 is 0 Å². The van der Waals surface area contributed by atoms with Gasteiger partial charge in [0.05, 0.1) is 6.04 Å². The van der Waals surface area contributed by atoms with Crippen LogP contribution in [0.25, 0.3) is 0 Å². The third-order valence-electron chi connectivity index (χ3n) is 7.73. The SMILES string of the molecule is CC(=O)N1CCC(C(=O)NC2CC3C(=O)NC4CCN(C(=O)C5CC5)C4C(=O)N3C2)CC1. The molecule has 4 aliphatic heterocycles. The van der Waals surface area contributed by atoms with Gasteiger partial charge in [-0.3, -0.25) is 24.0 Å². The molecule has 0 aromatic carbocycles. The van der Waals surface area contributed by atoms with Gasteiger partial charge in [-0.25, -0.2) is 0 Å². The minimum atomic E-state index is -0.637. The van der Waals surface area contributed by atoms with E-state index in [1.54, 1.807) is 14.7 Å². The van der Waals surface area contributed by atoms with E-state index >= 15 is 0 Å². The molecule has 4 saturated heterocycles. The van der Waals surface area contributed by atoms with Crippen molar-refractivity contribution >= 4 is 29.5 Å². The topological polar surface area (TPSA) is 119 Å². The predicted molar refractivity (Wildman–Crippen MR) is 112 cm³/mol. The van der Waals surface area contributed by atoms with E-state index in [1.165, 1.54) is 6.92 Å². The normalized spacial score (nSPS) is 32.8. The zero-order chi connectivity index (χ0) is 22.6. The summed E-state index contributed by atoms with van der Waals surface area (Å²) in [7, 11) is 0. The van der Waals surface area contributed by atoms with Crippen molar-refractivity contribution in [3.63, 3.8) is 0 Å². The summed E-state index contributed by atoms with van der Waals surface area (Å²) in [4.78, 5) is 68.3. The van der Waals surface area contributed by atoms with E-state index in [1.807, 2.05) is 0 Å². The van der Waals surface area contributed by atoms with Gasteiger partial charge in [-0.1, -0.05) is 0 Å². The molecule has 5 amide bonds. The second-order valence-corrected chi connectivity index (χ2v) is 9.88. The van der Waals surface area contributed by atoms with Crippen LogP contribution in [-0.2, 0) is 24.0 Å². The Morgan fingerprint density at radius 2 is 1.69 bits per heavy atom. The van der Waals surface area contributed by atoms with Crippen molar-refractivity contribution < 1.29 is 24.0 Å². The highest BCUT2D eigenvalue weighted by Gasteiger charge is 2.53. The van der Waals surface area contributed by atoms with Crippen molar-refractivity contribution in [1.82, 2.24) is 25.3 Å². The van der Waals surface area contributed by atoms with E-state index < -0.39 is 12.1 Å². The molecule has 4 unspecified atom stereocenters. The van der Waals surface area contributed by atoms with Crippen molar-refractivity contribution in [2.24, 2.45) is 11.8 Å². The first-order chi connectivity index (χ1) is 15.3. The summed E-state index contributed by atoms with van der Waals surface area (Å²) in [6, 6.07) is -1.88. The smallest absolute Gasteiger partial charge is 0.248 e. The number of rotatable bonds is 3. The average molecular weight is 446 g/mol. The summed E-state index contributed by atoms with van der Waals surface area (Å²) < 4.78 is 0. The van der Waals surface area contributed by atoms with Crippen molar-refractivity contribution in [2.75, 3.05) is 26.2 Å². The molecule has 5 aliphatic rings. The predicted octanol–water partition coefficient (Wildman–Crippen LogP) is -1.16. The molecule has 10 heteroatoms. The van der Waals surface area contributed by atoms with Crippen LogP contribution in [0, 0.1) is 11.8 Å². The van der Waals surface area contributed by atoms with E-state index in [9.17, 15) is 24.0 Å². The van der Waals surface area contributed by atoms with E-state index in [0.717, 1.165) is 12.8 Å². The summed E-state index contributed by atoms with van der Waals surface area (Å²) in [6.07, 6.45) is 3.96. The Labute approximate surface area is 187 Å². The van der Waals surface area contributed by atoms with Crippen LogP contribution in [0.3, 0.4) is 0 Å². The van der Waals surface area contributed by atoms with Crippen LogP contribution in [-0.4, -0.2) is 94.6 Å². The minimum Gasteiger partial charge on any atom is -0.351 e. The van der Waals surface area contributed by atoms with Gasteiger partial charge >= 0.3 is 0 Å². The standard InChI is InChI=1S/C22H31N5O5/c1-12(28)25-7-4-13(5-8-25)19(29)23-15-10-17-20(30)24-16-6-9-26(21(31)14-2-3-14)18(16)22(32)27(17)11-15/h13-18H,2-11H2,1H3,(H,23,29)(H,24,30). The van der Waals surface area contributed by atoms with Gasteiger partial charge in [-0.05, 0) is 38.5 Å². The third kappa shape index (κ3) is 3.73.